The Labute approximate surface area is 341 Å². The van der Waals surface area contributed by atoms with Crippen LogP contribution in [0.2, 0.25) is 0 Å². The number of amides is 2. The van der Waals surface area contributed by atoms with Crippen molar-refractivity contribution >= 4 is 45.0 Å². The van der Waals surface area contributed by atoms with Gasteiger partial charge in [-0.1, -0.05) is 6.07 Å². The number of fused-ring (bicyclic) bond motifs is 2. The first-order chi connectivity index (χ1) is 27.8. The van der Waals surface area contributed by atoms with Gasteiger partial charge in [0.15, 0.2) is 0 Å². The molecule has 5 fully saturated rings. The molecular weight excluding hydrogens is 793 g/mol. The summed E-state index contributed by atoms with van der Waals surface area (Å²) in [5.74, 6) is -2.06. The van der Waals surface area contributed by atoms with Gasteiger partial charge in [0.25, 0.3) is 0 Å². The second-order valence-corrected chi connectivity index (χ2v) is 19.3. The van der Waals surface area contributed by atoms with Gasteiger partial charge in [-0.3, -0.25) is 19.8 Å². The molecule has 59 heavy (non-hydrogen) atoms. The van der Waals surface area contributed by atoms with Gasteiger partial charge in [-0.2, -0.15) is 18.2 Å². The van der Waals surface area contributed by atoms with E-state index in [4.69, 9.17) is 0 Å². The number of aromatic nitrogens is 2. The lowest BCUT2D eigenvalue weighted by Crippen LogP contribution is -2.49. The number of carbonyl (C=O) groups is 2. The lowest BCUT2D eigenvalue weighted by atomic mass is 9.83. The van der Waals surface area contributed by atoms with Crippen molar-refractivity contribution in [2.75, 3.05) is 60.9 Å². The SMILES string of the molecule is Cc1cc(S(=O)(=O)NC23CCC(CN4CCN(c5ccc(C6CCC(=O)NC6=O)cc5F)CC4)(CC2)C3)ccc1Nc1ncc(C(F)(F)F)c(N2CCC[C@](C)(O)C2)n1. The van der Waals surface area contributed by atoms with Gasteiger partial charge in [0.2, 0.25) is 27.8 Å². The molecule has 3 aliphatic heterocycles. The lowest BCUT2D eigenvalue weighted by Gasteiger charge is -2.40. The maximum Gasteiger partial charge on any atom is 0.421 e. The Morgan fingerprint density at radius 1 is 0.983 bits per heavy atom. The minimum atomic E-state index is -4.70. The molecule has 2 saturated carbocycles. The fourth-order valence-electron chi connectivity index (χ4n) is 9.99. The van der Waals surface area contributed by atoms with Crippen LogP contribution in [0, 0.1) is 18.2 Å². The van der Waals surface area contributed by atoms with Crippen LogP contribution in [0.3, 0.4) is 0 Å². The van der Waals surface area contributed by atoms with E-state index >= 15 is 4.39 Å². The van der Waals surface area contributed by atoms with Gasteiger partial charge < -0.3 is 20.2 Å². The van der Waals surface area contributed by atoms with Crippen molar-refractivity contribution in [2.24, 2.45) is 5.41 Å². The van der Waals surface area contributed by atoms with E-state index < -0.39 is 50.5 Å². The first kappa shape index (κ1) is 41.3. The Hall–Kier alpha value is -4.39. The van der Waals surface area contributed by atoms with Crippen molar-refractivity contribution in [3.8, 4) is 0 Å². The van der Waals surface area contributed by atoms with E-state index in [2.05, 4.69) is 30.2 Å². The first-order valence-corrected chi connectivity index (χ1v) is 21.7. The molecule has 3 saturated heterocycles. The summed E-state index contributed by atoms with van der Waals surface area (Å²) in [4.78, 5) is 37.9. The molecule has 3 aromatic rings. The molecule has 18 heteroatoms. The normalized spacial score (nSPS) is 27.9. The number of benzene rings is 2. The highest BCUT2D eigenvalue weighted by Crippen LogP contribution is 2.57. The Balaban J connectivity index is 0.877. The molecule has 2 bridgehead atoms. The molecule has 2 aromatic carbocycles. The van der Waals surface area contributed by atoms with Crippen LogP contribution in [0.1, 0.15) is 87.3 Å². The zero-order valence-corrected chi connectivity index (χ0v) is 34.0. The van der Waals surface area contributed by atoms with Gasteiger partial charge in [-0.05, 0) is 112 Å². The second-order valence-electron chi connectivity index (χ2n) is 17.6. The Morgan fingerprint density at radius 3 is 2.39 bits per heavy atom. The van der Waals surface area contributed by atoms with Gasteiger partial charge in [-0.25, -0.2) is 22.5 Å². The van der Waals surface area contributed by atoms with Crippen molar-refractivity contribution in [1.29, 1.82) is 0 Å². The average Bonchev–Trinajstić information content (AvgIpc) is 3.69. The van der Waals surface area contributed by atoms with Gasteiger partial charge in [0, 0.05) is 69.7 Å². The zero-order chi connectivity index (χ0) is 42.0. The molecule has 2 amide bonds. The number of hydrogen-bond donors (Lipinski definition) is 4. The predicted molar refractivity (Wildman–Crippen MR) is 212 cm³/mol. The number of sulfonamides is 1. The zero-order valence-electron chi connectivity index (χ0n) is 33.2. The van der Waals surface area contributed by atoms with Crippen LogP contribution in [0.15, 0.2) is 47.5 Å². The maximum atomic E-state index is 15.3. The van der Waals surface area contributed by atoms with E-state index in [0.29, 0.717) is 67.8 Å². The number of imide groups is 1. The molecule has 2 atom stereocenters. The summed E-state index contributed by atoms with van der Waals surface area (Å²) >= 11 is 0. The predicted octanol–water partition coefficient (Wildman–Crippen LogP) is 5.36. The van der Waals surface area contributed by atoms with Crippen molar-refractivity contribution in [2.45, 2.75) is 99.8 Å². The number of carbonyl (C=O) groups excluding carboxylic acids is 2. The number of piperidine rings is 2. The summed E-state index contributed by atoms with van der Waals surface area (Å²) < 4.78 is 88.0. The Bertz CT molecular complexity index is 2240. The average molecular weight is 843 g/mol. The van der Waals surface area contributed by atoms with Crippen molar-refractivity contribution in [1.82, 2.24) is 24.9 Å². The van der Waals surface area contributed by atoms with E-state index in [-0.39, 0.29) is 40.9 Å². The number of nitrogens with zero attached hydrogens (tertiary/aromatic N) is 5. The molecule has 5 aliphatic rings. The minimum absolute atomic E-state index is 0.0133. The summed E-state index contributed by atoms with van der Waals surface area (Å²) in [7, 11) is -3.93. The van der Waals surface area contributed by atoms with Crippen molar-refractivity contribution < 1.29 is 40.7 Å². The molecule has 4 heterocycles. The number of piperazine rings is 1. The summed E-state index contributed by atoms with van der Waals surface area (Å²) in [5, 5.41) is 15.9. The monoisotopic (exact) mass is 842 g/mol. The molecule has 13 nitrogen and oxygen atoms in total. The maximum absolute atomic E-state index is 15.3. The molecule has 1 aromatic heterocycles. The molecule has 0 spiro atoms. The minimum Gasteiger partial charge on any atom is -0.388 e. The summed E-state index contributed by atoms with van der Waals surface area (Å²) in [6.45, 7) is 7.10. The Morgan fingerprint density at radius 2 is 1.73 bits per heavy atom. The van der Waals surface area contributed by atoms with Crippen LogP contribution in [-0.2, 0) is 25.8 Å². The number of hydrogen-bond acceptors (Lipinski definition) is 11. The second kappa shape index (κ2) is 15.3. The molecule has 1 unspecified atom stereocenters. The summed E-state index contributed by atoms with van der Waals surface area (Å²) in [5.41, 5.74) is -0.748. The number of rotatable bonds is 10. The van der Waals surface area contributed by atoms with Gasteiger partial charge >= 0.3 is 6.18 Å². The number of alkyl halides is 3. The number of aryl methyl sites for hydroxylation is 1. The van der Waals surface area contributed by atoms with Gasteiger partial charge in [0.05, 0.1) is 22.1 Å². The van der Waals surface area contributed by atoms with Crippen LogP contribution in [0.4, 0.5) is 40.7 Å². The van der Waals surface area contributed by atoms with Crippen LogP contribution >= 0.6 is 0 Å². The van der Waals surface area contributed by atoms with Crippen LogP contribution in [0.25, 0.3) is 0 Å². The van der Waals surface area contributed by atoms with Crippen molar-refractivity contribution in [3.63, 3.8) is 0 Å². The van der Waals surface area contributed by atoms with E-state index in [1.54, 1.807) is 32.0 Å². The number of nitrogens with one attached hydrogen (secondary N) is 3. The highest BCUT2D eigenvalue weighted by Gasteiger charge is 2.56. The fraction of sp³-hybridized carbons (Fsp3) is 0.561. The summed E-state index contributed by atoms with van der Waals surface area (Å²) in [6.07, 6.45) is 1.50. The standard InChI is InChI=1S/C41H50F4N8O5S/c1-26-20-28(5-7-32(26)47-37-46-22-30(41(43,44)45)35(49-37)53-15-3-10-38(2,56)24-53)59(57,58)50-40-13-11-39(23-40,12-14-40)25-51-16-18-52(19-17-51)33-8-4-27(21-31(33)42)29-6-9-34(54)48-36(29)55/h4-5,7-8,20-22,29,50,56H,3,6,9-19,23-25H2,1-2H3,(H,46,47,49)(H,48,54,55)/t29?,38-,39?,40?/m0/s1. The Kier molecular flexibility index (Phi) is 10.7. The molecule has 8 rings (SSSR count). The van der Waals surface area contributed by atoms with Gasteiger partial charge in [-0.15, -0.1) is 0 Å². The topological polar surface area (TPSA) is 160 Å². The lowest BCUT2D eigenvalue weighted by molar-refractivity contribution is -0.138. The van der Waals surface area contributed by atoms with E-state index in [0.717, 1.165) is 51.5 Å². The quantitative estimate of drug-likeness (QED) is 0.154. The number of anilines is 4. The molecule has 0 radical (unpaired) electrons. The molecule has 2 aliphatic carbocycles. The molecule has 4 N–H and O–H groups in total. The van der Waals surface area contributed by atoms with Crippen LogP contribution in [-0.4, -0.2) is 97.2 Å². The highest BCUT2D eigenvalue weighted by molar-refractivity contribution is 7.89. The van der Waals surface area contributed by atoms with E-state index in [1.165, 1.54) is 23.1 Å². The number of halogens is 4. The number of aliphatic hydroxyl groups is 1. The third-order valence-corrected chi connectivity index (χ3v) is 14.6. The van der Waals surface area contributed by atoms with E-state index in [9.17, 15) is 36.3 Å². The van der Waals surface area contributed by atoms with Crippen LogP contribution < -0.4 is 25.2 Å². The third kappa shape index (κ3) is 8.63. The number of β-amino-alcohol motifs (C(OH)–C–C–N with tert-alkyl or cyclic N) is 1. The largest absolute Gasteiger partial charge is 0.421 e. The fourth-order valence-corrected chi connectivity index (χ4v) is 11.5. The van der Waals surface area contributed by atoms with Crippen LogP contribution in [0.5, 0.6) is 0 Å². The first-order valence-electron chi connectivity index (χ1n) is 20.3. The smallest absolute Gasteiger partial charge is 0.388 e. The third-order valence-electron chi connectivity index (χ3n) is 13.0. The van der Waals surface area contributed by atoms with Gasteiger partial charge in [0.1, 0.15) is 17.2 Å². The van der Waals surface area contributed by atoms with Crippen molar-refractivity contribution in [3.05, 3.63) is 65.1 Å². The molecular formula is C41H50F4N8O5S. The molecule has 318 valence electrons. The van der Waals surface area contributed by atoms with E-state index in [1.807, 2.05) is 4.90 Å². The highest BCUT2D eigenvalue weighted by atomic mass is 32.2. The summed E-state index contributed by atoms with van der Waals surface area (Å²) in [6, 6.07) is 9.43.